The van der Waals surface area contributed by atoms with E-state index in [4.69, 9.17) is 5.73 Å². The summed E-state index contributed by atoms with van der Waals surface area (Å²) in [5.74, 6) is -1.46. The van der Waals surface area contributed by atoms with Gasteiger partial charge < -0.3 is 20.9 Å². The quantitative estimate of drug-likeness (QED) is 0.817. The Morgan fingerprint density at radius 2 is 1.62 bits per heavy atom. The molecule has 0 radical (unpaired) electrons. The van der Waals surface area contributed by atoms with Crippen molar-refractivity contribution in [2.24, 2.45) is 11.7 Å². The molecule has 0 spiro atoms. The summed E-state index contributed by atoms with van der Waals surface area (Å²) in [7, 11) is 0. The fourth-order valence-corrected chi connectivity index (χ4v) is 3.99. The van der Waals surface area contributed by atoms with Gasteiger partial charge >= 0.3 is 0 Å². The molecule has 2 aromatic rings. The van der Waals surface area contributed by atoms with Crippen molar-refractivity contribution in [2.75, 3.05) is 34.8 Å². The smallest absolute Gasteiger partial charge is 0.250 e. The Labute approximate surface area is 169 Å². The molecule has 0 bridgehead atoms. The lowest BCUT2D eigenvalue weighted by Crippen LogP contribution is -2.28. The van der Waals surface area contributed by atoms with E-state index in [0.29, 0.717) is 12.2 Å². The zero-order valence-electron chi connectivity index (χ0n) is 16.1. The van der Waals surface area contributed by atoms with Crippen molar-refractivity contribution >= 4 is 34.8 Å². The van der Waals surface area contributed by atoms with E-state index in [-0.39, 0.29) is 23.8 Å². The van der Waals surface area contributed by atoms with Crippen LogP contribution < -0.4 is 20.9 Å². The van der Waals surface area contributed by atoms with Gasteiger partial charge in [-0.1, -0.05) is 12.1 Å². The topological polar surface area (TPSA) is 95.7 Å². The third-order valence-electron chi connectivity index (χ3n) is 5.58. The minimum atomic E-state index is -0.608. The van der Waals surface area contributed by atoms with Crippen LogP contribution in [0.3, 0.4) is 0 Å². The lowest BCUT2D eigenvalue weighted by Gasteiger charge is -2.21. The molecule has 3 amide bonds. The number of nitrogens with one attached hydrogen (secondary N) is 1. The van der Waals surface area contributed by atoms with Crippen molar-refractivity contribution in [2.45, 2.75) is 19.3 Å². The van der Waals surface area contributed by atoms with Crippen LogP contribution in [0.4, 0.5) is 17.1 Å². The summed E-state index contributed by atoms with van der Waals surface area (Å²) >= 11 is 0. The molecule has 7 nitrogen and oxygen atoms in total. The van der Waals surface area contributed by atoms with Crippen molar-refractivity contribution < 1.29 is 14.4 Å². The average Bonchev–Trinajstić information content (AvgIpc) is 3.38. The van der Waals surface area contributed by atoms with Crippen LogP contribution in [0.5, 0.6) is 0 Å². The first kappa shape index (κ1) is 19.0. The van der Waals surface area contributed by atoms with Crippen molar-refractivity contribution in [3.8, 4) is 0 Å². The number of carbonyl (C=O) groups excluding carboxylic acids is 3. The summed E-state index contributed by atoms with van der Waals surface area (Å²) in [6.45, 7) is 2.44. The van der Waals surface area contributed by atoms with Crippen LogP contribution >= 0.6 is 0 Å². The molecule has 2 aliphatic rings. The van der Waals surface area contributed by atoms with Gasteiger partial charge in [0, 0.05) is 37.4 Å². The Bertz CT molecular complexity index is 935. The van der Waals surface area contributed by atoms with Crippen LogP contribution in [0, 0.1) is 5.92 Å². The van der Waals surface area contributed by atoms with Crippen molar-refractivity contribution in [1.29, 1.82) is 0 Å². The van der Waals surface area contributed by atoms with Crippen LogP contribution in [0.15, 0.2) is 48.5 Å². The zero-order valence-corrected chi connectivity index (χ0v) is 16.1. The number of carbonyl (C=O) groups is 3. The van der Waals surface area contributed by atoms with E-state index in [2.05, 4.69) is 10.2 Å². The van der Waals surface area contributed by atoms with E-state index in [9.17, 15) is 14.4 Å². The van der Waals surface area contributed by atoms with Crippen LogP contribution in [-0.4, -0.2) is 37.4 Å². The largest absolute Gasteiger partial charge is 0.372 e. The normalized spacial score (nSPS) is 18.9. The van der Waals surface area contributed by atoms with E-state index < -0.39 is 11.8 Å². The van der Waals surface area contributed by atoms with E-state index in [1.54, 1.807) is 29.2 Å². The van der Waals surface area contributed by atoms with Crippen molar-refractivity contribution in [3.63, 3.8) is 0 Å². The van der Waals surface area contributed by atoms with Gasteiger partial charge in [0.15, 0.2) is 0 Å². The van der Waals surface area contributed by atoms with Gasteiger partial charge in [-0.3, -0.25) is 14.4 Å². The number of hydrogen-bond donors (Lipinski definition) is 2. The number of para-hydroxylation sites is 1. The molecule has 0 aliphatic carbocycles. The molecule has 2 aromatic carbocycles. The third-order valence-corrected chi connectivity index (χ3v) is 5.58. The number of hydrogen-bond acceptors (Lipinski definition) is 4. The summed E-state index contributed by atoms with van der Waals surface area (Å²) in [6.07, 6.45) is 2.56. The molecule has 0 saturated carbocycles. The average molecular weight is 392 g/mol. The molecule has 150 valence electrons. The third kappa shape index (κ3) is 3.94. The predicted octanol–water partition coefficient (Wildman–Crippen LogP) is 2.38. The predicted molar refractivity (Wildman–Crippen MR) is 112 cm³/mol. The minimum Gasteiger partial charge on any atom is -0.372 e. The second-order valence-electron chi connectivity index (χ2n) is 7.52. The Kier molecular flexibility index (Phi) is 5.20. The Morgan fingerprint density at radius 1 is 0.966 bits per heavy atom. The number of primary amides is 1. The fraction of sp³-hybridized carbons (Fsp3) is 0.318. The van der Waals surface area contributed by atoms with Crippen molar-refractivity contribution in [3.05, 3.63) is 54.1 Å². The van der Waals surface area contributed by atoms with Crippen LogP contribution in [-0.2, 0) is 9.59 Å². The van der Waals surface area contributed by atoms with Gasteiger partial charge in [0.05, 0.1) is 17.2 Å². The monoisotopic (exact) mass is 392 g/mol. The van der Waals surface area contributed by atoms with Crippen molar-refractivity contribution in [1.82, 2.24) is 0 Å². The van der Waals surface area contributed by atoms with E-state index in [1.807, 2.05) is 24.3 Å². The number of nitrogens with two attached hydrogens (primary N) is 1. The summed E-state index contributed by atoms with van der Waals surface area (Å²) in [6, 6.07) is 14.5. The van der Waals surface area contributed by atoms with Crippen LogP contribution in [0.2, 0.25) is 0 Å². The molecule has 2 fully saturated rings. The van der Waals surface area contributed by atoms with Gasteiger partial charge in [0.25, 0.3) is 5.91 Å². The SMILES string of the molecule is NC(=O)c1ccccc1NC(=O)C1CC(=O)N(c2ccc(N3CCCC3)cc2)C1. The molecular formula is C22H24N4O3. The van der Waals surface area contributed by atoms with E-state index >= 15 is 0 Å². The van der Waals surface area contributed by atoms with E-state index in [1.165, 1.54) is 12.8 Å². The van der Waals surface area contributed by atoms with Gasteiger partial charge in [-0.15, -0.1) is 0 Å². The van der Waals surface area contributed by atoms with Gasteiger partial charge in [0.2, 0.25) is 11.8 Å². The molecule has 1 atom stereocenters. The molecule has 3 N–H and O–H groups in total. The maximum Gasteiger partial charge on any atom is 0.250 e. The first-order valence-electron chi connectivity index (χ1n) is 9.88. The lowest BCUT2D eigenvalue weighted by molar-refractivity contribution is -0.122. The standard InChI is InChI=1S/C22H24N4O3/c23-21(28)18-5-1-2-6-19(18)24-22(29)15-13-20(27)26(14-15)17-9-7-16(8-10-17)25-11-3-4-12-25/h1-2,5-10,15H,3-4,11-14H2,(H2,23,28)(H,24,29). The Morgan fingerprint density at radius 3 is 2.31 bits per heavy atom. The molecule has 7 heteroatoms. The highest BCUT2D eigenvalue weighted by Gasteiger charge is 2.35. The second-order valence-corrected chi connectivity index (χ2v) is 7.52. The summed E-state index contributed by atoms with van der Waals surface area (Å²) in [4.78, 5) is 40.7. The maximum absolute atomic E-state index is 12.7. The zero-order chi connectivity index (χ0) is 20.4. The molecule has 1 unspecified atom stereocenters. The highest BCUT2D eigenvalue weighted by atomic mass is 16.2. The van der Waals surface area contributed by atoms with Crippen LogP contribution in [0.25, 0.3) is 0 Å². The highest BCUT2D eigenvalue weighted by molar-refractivity contribution is 6.06. The first-order chi connectivity index (χ1) is 14.0. The lowest BCUT2D eigenvalue weighted by atomic mass is 10.1. The Hall–Kier alpha value is -3.35. The molecule has 29 heavy (non-hydrogen) atoms. The highest BCUT2D eigenvalue weighted by Crippen LogP contribution is 2.29. The molecule has 2 saturated heterocycles. The molecule has 4 rings (SSSR count). The second kappa shape index (κ2) is 7.95. The first-order valence-corrected chi connectivity index (χ1v) is 9.88. The number of benzene rings is 2. The maximum atomic E-state index is 12.7. The summed E-state index contributed by atoms with van der Waals surface area (Å²) in [5, 5.41) is 2.75. The molecule has 2 heterocycles. The van der Waals surface area contributed by atoms with Gasteiger partial charge in [0.1, 0.15) is 0 Å². The minimum absolute atomic E-state index is 0.0812. The molecular weight excluding hydrogens is 368 g/mol. The number of amides is 3. The summed E-state index contributed by atoms with van der Waals surface area (Å²) in [5.41, 5.74) is 7.94. The van der Waals surface area contributed by atoms with Gasteiger partial charge in [-0.25, -0.2) is 0 Å². The Balaban J connectivity index is 1.44. The van der Waals surface area contributed by atoms with Crippen LogP contribution in [0.1, 0.15) is 29.6 Å². The number of rotatable bonds is 5. The van der Waals surface area contributed by atoms with Gasteiger partial charge in [-0.05, 0) is 49.2 Å². The number of nitrogens with zero attached hydrogens (tertiary/aromatic N) is 2. The number of anilines is 3. The molecule has 2 aliphatic heterocycles. The summed E-state index contributed by atoms with van der Waals surface area (Å²) < 4.78 is 0. The fourth-order valence-electron chi connectivity index (χ4n) is 3.99. The molecule has 0 aromatic heterocycles. The van der Waals surface area contributed by atoms with E-state index in [0.717, 1.165) is 24.5 Å². The van der Waals surface area contributed by atoms with Gasteiger partial charge in [-0.2, -0.15) is 0 Å².